The van der Waals surface area contributed by atoms with E-state index in [4.69, 9.17) is 4.98 Å². The van der Waals surface area contributed by atoms with Crippen molar-refractivity contribution in [1.29, 1.82) is 0 Å². The van der Waals surface area contributed by atoms with Gasteiger partial charge >= 0.3 is 0 Å². The summed E-state index contributed by atoms with van der Waals surface area (Å²) in [7, 11) is 1.87. The van der Waals surface area contributed by atoms with Crippen molar-refractivity contribution in [2.45, 2.75) is 13.5 Å². The summed E-state index contributed by atoms with van der Waals surface area (Å²) >= 11 is 0. The third kappa shape index (κ3) is 3.36. The van der Waals surface area contributed by atoms with Crippen LogP contribution >= 0.6 is 0 Å². The third-order valence-electron chi connectivity index (χ3n) is 4.69. The highest BCUT2D eigenvalue weighted by Crippen LogP contribution is 2.21. The Morgan fingerprint density at radius 3 is 2.66 bits per heavy atom. The number of aromatic nitrogens is 8. The molecular weight excluding hydrogens is 364 g/mol. The van der Waals surface area contributed by atoms with E-state index in [1.165, 1.54) is 0 Å². The molecule has 0 N–H and O–H groups in total. The van der Waals surface area contributed by atoms with Crippen LogP contribution in [0.5, 0.6) is 0 Å². The van der Waals surface area contributed by atoms with Crippen LogP contribution in [0.1, 0.15) is 11.1 Å². The van der Waals surface area contributed by atoms with E-state index in [-0.39, 0.29) is 0 Å². The van der Waals surface area contributed by atoms with E-state index in [0.29, 0.717) is 17.8 Å². The highest BCUT2D eigenvalue weighted by molar-refractivity contribution is 5.69. The monoisotopic (exact) mass is 382 g/mol. The Bertz CT molecular complexity index is 1300. The number of fused-ring (bicyclic) bond motifs is 1. The van der Waals surface area contributed by atoms with Crippen LogP contribution in [0.25, 0.3) is 33.8 Å². The number of pyridine rings is 1. The van der Waals surface area contributed by atoms with Gasteiger partial charge in [-0.25, -0.2) is 14.6 Å². The lowest BCUT2D eigenvalue weighted by Gasteiger charge is -2.06. The summed E-state index contributed by atoms with van der Waals surface area (Å²) in [5, 5.41) is 12.6. The van der Waals surface area contributed by atoms with E-state index in [9.17, 15) is 0 Å². The van der Waals surface area contributed by atoms with Gasteiger partial charge in [0.1, 0.15) is 0 Å². The lowest BCUT2D eigenvalue weighted by Crippen LogP contribution is -2.03. The molecule has 0 radical (unpaired) electrons. The Labute approximate surface area is 166 Å². The molecule has 0 saturated carbocycles. The SMILES string of the molecule is Cc1ccc(-c2cccc(Cn3nnc4ncc(-c5cnn(C)c5)nc43)c2)nc1. The molecule has 0 atom stereocenters. The zero-order valence-electron chi connectivity index (χ0n) is 16.1. The minimum Gasteiger partial charge on any atom is -0.275 e. The van der Waals surface area contributed by atoms with Crippen LogP contribution in [0.2, 0.25) is 0 Å². The molecule has 0 aliphatic rings. The Morgan fingerprint density at radius 2 is 1.86 bits per heavy atom. The number of hydrogen-bond donors (Lipinski definition) is 0. The summed E-state index contributed by atoms with van der Waals surface area (Å²) < 4.78 is 3.51. The molecule has 0 amide bonds. The van der Waals surface area contributed by atoms with Gasteiger partial charge in [-0.05, 0) is 30.2 Å². The maximum Gasteiger partial charge on any atom is 0.221 e. The van der Waals surface area contributed by atoms with Gasteiger partial charge in [0, 0.05) is 30.6 Å². The lowest BCUT2D eigenvalue weighted by molar-refractivity contribution is 0.664. The van der Waals surface area contributed by atoms with Crippen molar-refractivity contribution in [3.05, 3.63) is 72.3 Å². The Balaban J connectivity index is 1.49. The average molecular weight is 382 g/mol. The van der Waals surface area contributed by atoms with Crippen LogP contribution in [-0.4, -0.2) is 39.7 Å². The van der Waals surface area contributed by atoms with Gasteiger partial charge in [-0.3, -0.25) is 9.67 Å². The van der Waals surface area contributed by atoms with Crippen molar-refractivity contribution in [3.63, 3.8) is 0 Å². The maximum absolute atomic E-state index is 4.71. The van der Waals surface area contributed by atoms with E-state index in [0.717, 1.165) is 33.6 Å². The number of nitrogens with zero attached hydrogens (tertiary/aromatic N) is 8. The normalized spacial score (nSPS) is 11.2. The Kier molecular flexibility index (Phi) is 4.09. The van der Waals surface area contributed by atoms with Gasteiger partial charge in [-0.2, -0.15) is 5.10 Å². The summed E-state index contributed by atoms with van der Waals surface area (Å²) in [6.45, 7) is 2.57. The van der Waals surface area contributed by atoms with Gasteiger partial charge in [0.05, 0.1) is 30.3 Å². The first kappa shape index (κ1) is 17.2. The van der Waals surface area contributed by atoms with Gasteiger partial charge in [0.25, 0.3) is 0 Å². The number of aryl methyl sites for hydroxylation is 2. The van der Waals surface area contributed by atoms with Gasteiger partial charge < -0.3 is 0 Å². The minimum absolute atomic E-state index is 0.522. The molecule has 0 unspecified atom stereocenters. The molecule has 0 aliphatic carbocycles. The fraction of sp³-hybridized carbons (Fsp3) is 0.143. The van der Waals surface area contributed by atoms with E-state index in [1.54, 1.807) is 21.8 Å². The predicted molar refractivity (Wildman–Crippen MR) is 109 cm³/mol. The first-order valence-corrected chi connectivity index (χ1v) is 9.23. The molecule has 0 saturated heterocycles. The van der Waals surface area contributed by atoms with Crippen molar-refractivity contribution >= 4 is 11.3 Å². The largest absolute Gasteiger partial charge is 0.275 e. The zero-order chi connectivity index (χ0) is 19.8. The van der Waals surface area contributed by atoms with Crippen molar-refractivity contribution < 1.29 is 0 Å². The van der Waals surface area contributed by atoms with Crippen LogP contribution in [0.3, 0.4) is 0 Å². The summed E-state index contributed by atoms with van der Waals surface area (Å²) in [6.07, 6.45) is 7.24. The van der Waals surface area contributed by atoms with E-state index in [2.05, 4.69) is 49.6 Å². The van der Waals surface area contributed by atoms with E-state index >= 15 is 0 Å². The summed E-state index contributed by atoms with van der Waals surface area (Å²) in [6, 6.07) is 12.4. The second kappa shape index (κ2) is 6.90. The van der Waals surface area contributed by atoms with Crippen molar-refractivity contribution in [2.75, 3.05) is 0 Å². The average Bonchev–Trinajstić information content (AvgIpc) is 3.35. The molecular formula is C21H18N8. The van der Waals surface area contributed by atoms with Crippen molar-refractivity contribution in [2.24, 2.45) is 7.05 Å². The number of rotatable bonds is 4. The molecule has 0 spiro atoms. The molecule has 0 bridgehead atoms. The molecule has 29 heavy (non-hydrogen) atoms. The highest BCUT2D eigenvalue weighted by atomic mass is 15.4. The first-order valence-electron chi connectivity index (χ1n) is 9.23. The third-order valence-corrected chi connectivity index (χ3v) is 4.69. The van der Waals surface area contributed by atoms with Crippen LogP contribution in [-0.2, 0) is 13.6 Å². The maximum atomic E-state index is 4.71. The van der Waals surface area contributed by atoms with Gasteiger partial charge in [0.2, 0.25) is 5.65 Å². The zero-order valence-corrected chi connectivity index (χ0v) is 16.1. The van der Waals surface area contributed by atoms with Crippen LogP contribution in [0.15, 0.2) is 61.2 Å². The van der Waals surface area contributed by atoms with Crippen LogP contribution in [0.4, 0.5) is 0 Å². The molecule has 8 heteroatoms. The summed E-state index contributed by atoms with van der Waals surface area (Å²) in [5.41, 5.74) is 7.05. The highest BCUT2D eigenvalue weighted by Gasteiger charge is 2.12. The van der Waals surface area contributed by atoms with Gasteiger partial charge in [-0.15, -0.1) is 5.10 Å². The molecule has 4 aromatic heterocycles. The molecule has 142 valence electrons. The standard InChI is InChI=1S/C21H18N8/c1-14-6-7-18(22-9-14)16-5-3-4-15(8-16)12-29-21-20(26-27-29)23-11-19(25-21)17-10-24-28(2)13-17/h3-11,13H,12H2,1-2H3. The van der Waals surface area contributed by atoms with Crippen molar-refractivity contribution in [1.82, 2.24) is 39.7 Å². The van der Waals surface area contributed by atoms with Crippen molar-refractivity contribution in [3.8, 4) is 22.5 Å². The minimum atomic E-state index is 0.522. The molecule has 0 fully saturated rings. The van der Waals surface area contributed by atoms with E-state index < -0.39 is 0 Å². The van der Waals surface area contributed by atoms with Crippen LogP contribution < -0.4 is 0 Å². The molecule has 1 aromatic carbocycles. The van der Waals surface area contributed by atoms with E-state index in [1.807, 2.05) is 38.5 Å². The second-order valence-electron chi connectivity index (χ2n) is 6.97. The fourth-order valence-electron chi connectivity index (χ4n) is 3.19. The first-order chi connectivity index (χ1) is 14.2. The fourth-order valence-corrected chi connectivity index (χ4v) is 3.19. The Morgan fingerprint density at radius 1 is 0.931 bits per heavy atom. The quantitative estimate of drug-likeness (QED) is 0.475. The number of hydrogen-bond acceptors (Lipinski definition) is 6. The second-order valence-corrected chi connectivity index (χ2v) is 6.97. The molecule has 8 nitrogen and oxygen atoms in total. The summed E-state index contributed by atoms with van der Waals surface area (Å²) in [4.78, 5) is 13.6. The van der Waals surface area contributed by atoms with Crippen LogP contribution in [0, 0.1) is 6.92 Å². The van der Waals surface area contributed by atoms with Gasteiger partial charge in [0.15, 0.2) is 5.65 Å². The smallest absolute Gasteiger partial charge is 0.221 e. The number of benzene rings is 1. The lowest BCUT2D eigenvalue weighted by atomic mass is 10.1. The Hall–Kier alpha value is -3.94. The molecule has 0 aliphatic heterocycles. The van der Waals surface area contributed by atoms with Gasteiger partial charge in [-0.1, -0.05) is 29.5 Å². The topological polar surface area (TPSA) is 87.2 Å². The molecule has 5 rings (SSSR count). The summed E-state index contributed by atoms with van der Waals surface area (Å²) in [5.74, 6) is 0. The molecule has 5 aromatic rings. The molecule has 4 heterocycles. The predicted octanol–water partition coefficient (Wildman–Crippen LogP) is 3.04.